The Hall–Kier alpha value is -1.25. The number of hydrogen-bond donors (Lipinski definition) is 2. The van der Waals surface area contributed by atoms with Gasteiger partial charge < -0.3 is 5.32 Å². The van der Waals surface area contributed by atoms with E-state index in [4.69, 9.17) is 0 Å². The molecule has 0 spiro atoms. The zero-order valence-corrected chi connectivity index (χ0v) is 5.69. The maximum absolute atomic E-state index is 11.9. The quantitative estimate of drug-likeness (QED) is 0.614. The van der Waals surface area contributed by atoms with Crippen LogP contribution in [0.2, 0.25) is 0 Å². The molecular weight excluding hydrogens is 131 g/mol. The highest BCUT2D eigenvalue weighted by Gasteiger charge is 1.94. The molecule has 2 N–H and O–H groups in total. The van der Waals surface area contributed by atoms with Crippen LogP contribution in [-0.2, 0) is 0 Å². The molecule has 1 aromatic carbocycles. The number of rotatable bonds is 2. The molecule has 0 amide bonds. The zero-order chi connectivity index (χ0) is 7.40. The van der Waals surface area contributed by atoms with Gasteiger partial charge in [0.2, 0.25) is 0 Å². The fourth-order valence-electron chi connectivity index (χ4n) is 0.784. The molecule has 0 saturated carbocycles. The van der Waals surface area contributed by atoms with Crippen molar-refractivity contribution in [2.24, 2.45) is 0 Å². The van der Waals surface area contributed by atoms with Crippen LogP contribution in [0.1, 0.15) is 0 Å². The highest BCUT2D eigenvalue weighted by Crippen LogP contribution is 2.19. The smallest absolute Gasteiger partial charge is 0.0886 e. The number of nitrogens with one attached hydrogen (secondary N) is 2. The standard InChI is InChI=1S/C7H9FN2/c1-9-6-4-2-3-5-7(6)10-8/h2-5,9-10H,1H3. The Morgan fingerprint density at radius 2 is 1.80 bits per heavy atom. The van der Waals surface area contributed by atoms with Crippen molar-refractivity contribution in [3.63, 3.8) is 0 Å². The minimum Gasteiger partial charge on any atom is -0.386 e. The first-order valence-electron chi connectivity index (χ1n) is 3.02. The topological polar surface area (TPSA) is 24.1 Å². The van der Waals surface area contributed by atoms with Crippen LogP contribution < -0.4 is 10.9 Å². The van der Waals surface area contributed by atoms with Gasteiger partial charge in [-0.2, -0.15) is 0 Å². The Labute approximate surface area is 59.0 Å². The Morgan fingerprint density at radius 1 is 1.20 bits per heavy atom. The predicted octanol–water partition coefficient (Wildman–Crippen LogP) is 2.02. The lowest BCUT2D eigenvalue weighted by Gasteiger charge is -2.03. The molecule has 0 aliphatic heterocycles. The van der Waals surface area contributed by atoms with Crippen LogP contribution in [0.4, 0.5) is 15.9 Å². The molecule has 0 aliphatic carbocycles. The summed E-state index contributed by atoms with van der Waals surface area (Å²) in [5.74, 6) is 0. The second-order valence-corrected chi connectivity index (χ2v) is 1.89. The van der Waals surface area contributed by atoms with E-state index in [2.05, 4.69) is 5.32 Å². The van der Waals surface area contributed by atoms with E-state index in [1.807, 2.05) is 6.07 Å². The van der Waals surface area contributed by atoms with Crippen LogP contribution >= 0.6 is 0 Å². The highest BCUT2D eigenvalue weighted by molar-refractivity contribution is 5.67. The van der Waals surface area contributed by atoms with Gasteiger partial charge in [-0.1, -0.05) is 12.1 Å². The molecule has 0 radical (unpaired) electrons. The average molecular weight is 140 g/mol. The van der Waals surface area contributed by atoms with Gasteiger partial charge in [0.05, 0.1) is 11.4 Å². The van der Waals surface area contributed by atoms with Gasteiger partial charge in [0.25, 0.3) is 0 Å². The molecule has 0 unspecified atom stereocenters. The number of para-hydroxylation sites is 2. The first kappa shape index (κ1) is 6.86. The van der Waals surface area contributed by atoms with Gasteiger partial charge in [-0.15, -0.1) is 4.48 Å². The third-order valence-corrected chi connectivity index (χ3v) is 1.30. The summed E-state index contributed by atoms with van der Waals surface area (Å²) in [6, 6.07) is 7.06. The van der Waals surface area contributed by atoms with Crippen molar-refractivity contribution in [2.75, 3.05) is 17.9 Å². The molecule has 0 bridgehead atoms. The summed E-state index contributed by atoms with van der Waals surface area (Å²) in [7, 11) is 1.75. The maximum atomic E-state index is 11.9. The SMILES string of the molecule is CNc1ccccc1NF. The van der Waals surface area contributed by atoms with Crippen molar-refractivity contribution < 1.29 is 4.48 Å². The largest absolute Gasteiger partial charge is 0.386 e. The molecular formula is C7H9FN2. The summed E-state index contributed by atoms with van der Waals surface area (Å²) in [5, 5.41) is 2.84. The molecule has 0 saturated heterocycles. The van der Waals surface area contributed by atoms with Gasteiger partial charge in [0.15, 0.2) is 0 Å². The summed E-state index contributed by atoms with van der Waals surface area (Å²) in [5.41, 5.74) is 2.80. The molecule has 54 valence electrons. The van der Waals surface area contributed by atoms with E-state index in [0.29, 0.717) is 5.69 Å². The second kappa shape index (κ2) is 3.06. The Balaban J connectivity index is 2.96. The molecule has 0 aliphatic rings. The third-order valence-electron chi connectivity index (χ3n) is 1.30. The van der Waals surface area contributed by atoms with Crippen molar-refractivity contribution >= 4 is 11.4 Å². The minimum absolute atomic E-state index is 0.463. The fraction of sp³-hybridized carbons (Fsp3) is 0.143. The number of benzene rings is 1. The normalized spacial score (nSPS) is 9.00. The number of anilines is 2. The van der Waals surface area contributed by atoms with Crippen LogP contribution in [0.25, 0.3) is 0 Å². The van der Waals surface area contributed by atoms with Crippen molar-refractivity contribution in [1.82, 2.24) is 0 Å². The van der Waals surface area contributed by atoms with Crippen molar-refractivity contribution in [2.45, 2.75) is 0 Å². The molecule has 3 heteroatoms. The number of hydrogen-bond acceptors (Lipinski definition) is 2. The van der Waals surface area contributed by atoms with Gasteiger partial charge in [0, 0.05) is 7.05 Å². The fourth-order valence-corrected chi connectivity index (χ4v) is 0.784. The summed E-state index contributed by atoms with van der Waals surface area (Å²) >= 11 is 0. The van der Waals surface area contributed by atoms with E-state index in [1.165, 1.54) is 0 Å². The molecule has 0 atom stereocenters. The van der Waals surface area contributed by atoms with Crippen LogP contribution in [-0.4, -0.2) is 7.05 Å². The van der Waals surface area contributed by atoms with E-state index in [1.54, 1.807) is 30.8 Å². The van der Waals surface area contributed by atoms with Crippen LogP contribution in [0, 0.1) is 0 Å². The summed E-state index contributed by atoms with van der Waals surface area (Å²) in [6.45, 7) is 0. The van der Waals surface area contributed by atoms with Crippen molar-refractivity contribution in [1.29, 1.82) is 0 Å². The Kier molecular flexibility index (Phi) is 2.10. The second-order valence-electron chi connectivity index (χ2n) is 1.89. The molecule has 0 heterocycles. The van der Waals surface area contributed by atoms with Crippen LogP contribution in [0.15, 0.2) is 24.3 Å². The molecule has 0 fully saturated rings. The zero-order valence-electron chi connectivity index (χ0n) is 5.69. The highest BCUT2D eigenvalue weighted by atomic mass is 19.2. The summed E-state index contributed by atoms with van der Waals surface area (Å²) < 4.78 is 11.9. The minimum atomic E-state index is 0.463. The Morgan fingerprint density at radius 3 is 2.20 bits per heavy atom. The monoisotopic (exact) mass is 140 g/mol. The van der Waals surface area contributed by atoms with Gasteiger partial charge >= 0.3 is 0 Å². The molecule has 10 heavy (non-hydrogen) atoms. The third kappa shape index (κ3) is 1.18. The van der Waals surface area contributed by atoms with Gasteiger partial charge in [0.1, 0.15) is 0 Å². The van der Waals surface area contributed by atoms with Gasteiger partial charge in [-0.3, -0.25) is 0 Å². The first-order chi connectivity index (χ1) is 4.88. The van der Waals surface area contributed by atoms with Crippen molar-refractivity contribution in [3.05, 3.63) is 24.3 Å². The van der Waals surface area contributed by atoms with Crippen LogP contribution in [0.3, 0.4) is 0 Å². The van der Waals surface area contributed by atoms with Crippen molar-refractivity contribution in [3.8, 4) is 0 Å². The summed E-state index contributed by atoms with van der Waals surface area (Å²) in [6.07, 6.45) is 0. The number of halogens is 1. The first-order valence-corrected chi connectivity index (χ1v) is 3.02. The van der Waals surface area contributed by atoms with Gasteiger partial charge in [-0.25, -0.2) is 5.54 Å². The summed E-state index contributed by atoms with van der Waals surface area (Å²) in [4.78, 5) is 0. The van der Waals surface area contributed by atoms with E-state index >= 15 is 0 Å². The Bertz CT molecular complexity index is 190. The molecule has 2 nitrogen and oxygen atoms in total. The van der Waals surface area contributed by atoms with E-state index < -0.39 is 0 Å². The lowest BCUT2D eigenvalue weighted by Crippen LogP contribution is -1.92. The molecule has 1 aromatic rings. The van der Waals surface area contributed by atoms with Crippen LogP contribution in [0.5, 0.6) is 0 Å². The van der Waals surface area contributed by atoms with E-state index in [-0.39, 0.29) is 0 Å². The molecule has 1 rings (SSSR count). The predicted molar refractivity (Wildman–Crippen MR) is 40.7 cm³/mol. The molecule has 0 aromatic heterocycles. The van der Waals surface area contributed by atoms with Gasteiger partial charge in [-0.05, 0) is 12.1 Å². The maximum Gasteiger partial charge on any atom is 0.0886 e. The van der Waals surface area contributed by atoms with E-state index in [9.17, 15) is 4.48 Å². The van der Waals surface area contributed by atoms with E-state index in [0.717, 1.165) is 5.69 Å². The lowest BCUT2D eigenvalue weighted by molar-refractivity contribution is 0.618. The lowest BCUT2D eigenvalue weighted by atomic mass is 10.3. The average Bonchev–Trinajstić information content (AvgIpc) is 2.04.